The van der Waals surface area contributed by atoms with Gasteiger partial charge in [0.15, 0.2) is 0 Å². The molecule has 0 bridgehead atoms. The van der Waals surface area contributed by atoms with Crippen LogP contribution in [0.3, 0.4) is 0 Å². The first-order valence-corrected chi connectivity index (χ1v) is 10.5. The van der Waals surface area contributed by atoms with Crippen LogP contribution in [0.15, 0.2) is 78.9 Å². The lowest BCUT2D eigenvalue weighted by Gasteiger charge is -2.43. The van der Waals surface area contributed by atoms with E-state index in [0.29, 0.717) is 6.42 Å². The fourth-order valence-corrected chi connectivity index (χ4v) is 4.45. The molecule has 0 saturated heterocycles. The van der Waals surface area contributed by atoms with Crippen LogP contribution in [-0.4, -0.2) is 17.9 Å². The molecule has 3 aromatic carbocycles. The van der Waals surface area contributed by atoms with Gasteiger partial charge in [-0.3, -0.25) is 9.59 Å². The summed E-state index contributed by atoms with van der Waals surface area (Å²) in [6, 6.07) is 23.1. The second-order valence-corrected chi connectivity index (χ2v) is 7.95. The lowest BCUT2D eigenvalue weighted by molar-refractivity contribution is -0.118. The maximum atomic E-state index is 13.6. The first-order chi connectivity index (χ1) is 15.0. The van der Waals surface area contributed by atoms with Crippen LogP contribution in [0.2, 0.25) is 0 Å². The molecule has 0 aromatic heterocycles. The van der Waals surface area contributed by atoms with Gasteiger partial charge in [-0.15, -0.1) is 0 Å². The highest BCUT2D eigenvalue weighted by atomic mass is 19.1. The van der Waals surface area contributed by atoms with Crippen molar-refractivity contribution in [2.24, 2.45) is 0 Å². The van der Waals surface area contributed by atoms with Crippen LogP contribution in [-0.2, 0) is 16.0 Å². The average Bonchev–Trinajstić information content (AvgIpc) is 2.76. The predicted molar refractivity (Wildman–Crippen MR) is 120 cm³/mol. The van der Waals surface area contributed by atoms with Crippen molar-refractivity contribution < 1.29 is 14.0 Å². The number of nitrogens with zero attached hydrogens (tertiary/aromatic N) is 2. The summed E-state index contributed by atoms with van der Waals surface area (Å²) >= 11 is 0. The van der Waals surface area contributed by atoms with Crippen molar-refractivity contribution in [1.82, 2.24) is 0 Å². The zero-order valence-corrected chi connectivity index (χ0v) is 17.7. The predicted octanol–water partition coefficient (Wildman–Crippen LogP) is 5.29. The third-order valence-corrected chi connectivity index (χ3v) is 5.78. The lowest BCUT2D eigenvalue weighted by Crippen LogP contribution is -2.47. The number of amides is 2. The van der Waals surface area contributed by atoms with Gasteiger partial charge in [-0.25, -0.2) is 4.39 Å². The van der Waals surface area contributed by atoms with E-state index in [9.17, 15) is 14.0 Å². The van der Waals surface area contributed by atoms with Gasteiger partial charge >= 0.3 is 0 Å². The zero-order chi connectivity index (χ0) is 22.0. The number of benzene rings is 3. The molecule has 0 aliphatic carbocycles. The van der Waals surface area contributed by atoms with E-state index >= 15 is 0 Å². The minimum Gasteiger partial charge on any atom is -0.309 e. The van der Waals surface area contributed by atoms with Crippen molar-refractivity contribution in [2.45, 2.75) is 38.8 Å². The molecule has 4 nitrogen and oxygen atoms in total. The van der Waals surface area contributed by atoms with E-state index in [1.807, 2.05) is 66.4 Å². The molecule has 1 aliphatic heterocycles. The molecule has 31 heavy (non-hydrogen) atoms. The number of hydrogen-bond acceptors (Lipinski definition) is 2. The molecule has 0 unspecified atom stereocenters. The number of rotatable bonds is 4. The second kappa shape index (κ2) is 8.72. The van der Waals surface area contributed by atoms with Gasteiger partial charge < -0.3 is 9.80 Å². The van der Waals surface area contributed by atoms with Gasteiger partial charge in [-0.05, 0) is 54.8 Å². The van der Waals surface area contributed by atoms with Crippen molar-refractivity contribution >= 4 is 23.2 Å². The highest BCUT2D eigenvalue weighted by molar-refractivity contribution is 5.98. The van der Waals surface area contributed by atoms with Gasteiger partial charge in [0.1, 0.15) is 5.82 Å². The maximum Gasteiger partial charge on any atom is 0.231 e. The van der Waals surface area contributed by atoms with E-state index in [-0.39, 0.29) is 36.1 Å². The van der Waals surface area contributed by atoms with E-state index < -0.39 is 0 Å². The summed E-state index contributed by atoms with van der Waals surface area (Å²) in [4.78, 5) is 29.6. The Bertz CT molecular complexity index is 1080. The largest absolute Gasteiger partial charge is 0.309 e. The Morgan fingerprint density at radius 3 is 2.29 bits per heavy atom. The van der Waals surface area contributed by atoms with Crippen molar-refractivity contribution in [3.8, 4) is 0 Å². The molecule has 0 radical (unpaired) electrons. The molecular formula is C26H25FN2O2. The fraction of sp³-hybridized carbons (Fsp3) is 0.231. The Morgan fingerprint density at radius 2 is 1.61 bits per heavy atom. The zero-order valence-electron chi connectivity index (χ0n) is 17.7. The van der Waals surface area contributed by atoms with Crippen molar-refractivity contribution in [3.05, 3.63) is 95.8 Å². The quantitative estimate of drug-likeness (QED) is 0.580. The standard InChI is InChI=1S/C26H25FN2O2/c1-18-16-25(23-10-6-7-11-24(23)28(18)19(2)30)29(22-8-4-3-5-9-22)26(31)17-20-12-14-21(27)15-13-20/h3-15,18,25H,16-17H2,1-2H3/t18-,25-/m1/s1. The number of para-hydroxylation sites is 2. The Labute approximate surface area is 181 Å². The minimum atomic E-state index is -0.324. The molecule has 0 spiro atoms. The van der Waals surface area contributed by atoms with Crippen molar-refractivity contribution in [3.63, 3.8) is 0 Å². The van der Waals surface area contributed by atoms with Crippen LogP contribution >= 0.6 is 0 Å². The molecule has 1 heterocycles. The van der Waals surface area contributed by atoms with Crippen LogP contribution in [0.4, 0.5) is 15.8 Å². The normalized spacial score (nSPS) is 17.7. The smallest absolute Gasteiger partial charge is 0.231 e. The third-order valence-electron chi connectivity index (χ3n) is 5.78. The highest BCUT2D eigenvalue weighted by Crippen LogP contribution is 2.42. The SMILES string of the molecule is CC(=O)N1c2ccccc2[C@H](N(C(=O)Cc2ccc(F)cc2)c2ccccc2)C[C@H]1C. The first-order valence-electron chi connectivity index (χ1n) is 10.5. The maximum absolute atomic E-state index is 13.6. The number of hydrogen-bond donors (Lipinski definition) is 0. The molecule has 0 N–H and O–H groups in total. The molecule has 0 saturated carbocycles. The number of carbonyl (C=O) groups is 2. The molecule has 0 fully saturated rings. The van der Waals surface area contributed by atoms with Crippen LogP contribution in [0.1, 0.15) is 37.4 Å². The molecule has 3 aromatic rings. The van der Waals surface area contributed by atoms with Gasteiger partial charge in [0.05, 0.1) is 12.5 Å². The van der Waals surface area contributed by atoms with E-state index in [1.165, 1.54) is 12.1 Å². The number of fused-ring (bicyclic) bond motifs is 1. The second-order valence-electron chi connectivity index (χ2n) is 7.95. The van der Waals surface area contributed by atoms with Gasteiger partial charge in [-0.2, -0.15) is 0 Å². The molecule has 5 heteroatoms. The van der Waals surface area contributed by atoms with Crippen molar-refractivity contribution in [1.29, 1.82) is 0 Å². The molecule has 2 amide bonds. The number of halogens is 1. The van der Waals surface area contributed by atoms with Gasteiger partial charge in [0, 0.05) is 24.3 Å². The molecule has 1 aliphatic rings. The van der Waals surface area contributed by atoms with Crippen LogP contribution < -0.4 is 9.80 Å². The van der Waals surface area contributed by atoms with Crippen LogP contribution in [0.25, 0.3) is 0 Å². The van der Waals surface area contributed by atoms with E-state index in [2.05, 4.69) is 0 Å². The highest BCUT2D eigenvalue weighted by Gasteiger charge is 2.37. The summed E-state index contributed by atoms with van der Waals surface area (Å²) < 4.78 is 13.3. The van der Waals surface area contributed by atoms with E-state index in [1.54, 1.807) is 24.0 Å². The molecule has 158 valence electrons. The van der Waals surface area contributed by atoms with E-state index in [0.717, 1.165) is 22.5 Å². The minimum absolute atomic E-state index is 0.0118. The Balaban J connectivity index is 1.77. The number of anilines is 2. The lowest BCUT2D eigenvalue weighted by atomic mass is 9.89. The van der Waals surface area contributed by atoms with Gasteiger partial charge in [0.25, 0.3) is 0 Å². The summed E-state index contributed by atoms with van der Waals surface area (Å²) in [5.74, 6) is -0.404. The summed E-state index contributed by atoms with van der Waals surface area (Å²) in [6.45, 7) is 3.58. The Hall–Kier alpha value is -3.47. The van der Waals surface area contributed by atoms with Crippen LogP contribution in [0.5, 0.6) is 0 Å². The summed E-state index contributed by atoms with van der Waals surface area (Å²) in [7, 11) is 0. The third kappa shape index (κ3) is 4.22. The van der Waals surface area contributed by atoms with Gasteiger partial charge in [-0.1, -0.05) is 48.5 Å². The summed E-state index contributed by atoms with van der Waals surface area (Å²) in [5, 5.41) is 0. The molecular weight excluding hydrogens is 391 g/mol. The van der Waals surface area contributed by atoms with Crippen molar-refractivity contribution in [2.75, 3.05) is 9.80 Å². The monoisotopic (exact) mass is 416 g/mol. The molecule has 4 rings (SSSR count). The molecule has 2 atom stereocenters. The summed E-state index contributed by atoms with van der Waals surface area (Å²) in [6.07, 6.45) is 0.791. The first kappa shape index (κ1) is 20.8. The summed E-state index contributed by atoms with van der Waals surface area (Å²) in [5.41, 5.74) is 3.36. The van der Waals surface area contributed by atoms with Gasteiger partial charge in [0.2, 0.25) is 11.8 Å². The number of carbonyl (C=O) groups excluding carboxylic acids is 2. The fourth-order valence-electron chi connectivity index (χ4n) is 4.45. The Kier molecular flexibility index (Phi) is 5.85. The van der Waals surface area contributed by atoms with E-state index in [4.69, 9.17) is 0 Å². The Morgan fingerprint density at radius 1 is 0.968 bits per heavy atom. The van der Waals surface area contributed by atoms with Crippen LogP contribution in [0, 0.1) is 5.82 Å². The average molecular weight is 416 g/mol. The topological polar surface area (TPSA) is 40.6 Å².